The Morgan fingerprint density at radius 2 is 1.90 bits per heavy atom. The third kappa shape index (κ3) is 2.95. The predicted molar refractivity (Wildman–Crippen MR) is 67.6 cm³/mol. The molecule has 6 heteroatoms. The minimum atomic E-state index is -1.46. The van der Waals surface area contributed by atoms with Crippen molar-refractivity contribution in [1.82, 2.24) is 5.32 Å². The molecule has 0 aromatic heterocycles. The zero-order chi connectivity index (χ0) is 14.9. The van der Waals surface area contributed by atoms with Crippen LogP contribution >= 0.6 is 0 Å². The molecule has 0 bridgehead atoms. The number of amides is 1. The maximum Gasteiger partial charge on any atom is 0.336 e. The van der Waals surface area contributed by atoms with E-state index in [1.54, 1.807) is 0 Å². The number of rotatable bonds is 5. The van der Waals surface area contributed by atoms with Gasteiger partial charge in [-0.15, -0.1) is 0 Å². The quantitative estimate of drug-likeness (QED) is 0.872. The van der Waals surface area contributed by atoms with E-state index in [0.29, 0.717) is 18.1 Å². The highest BCUT2D eigenvalue weighted by atomic mass is 19.2. The van der Waals surface area contributed by atoms with Crippen molar-refractivity contribution in [2.24, 2.45) is 5.92 Å². The molecular formula is C14H15F2NO3. The van der Waals surface area contributed by atoms with E-state index in [1.165, 1.54) is 0 Å². The van der Waals surface area contributed by atoms with Crippen LogP contribution in [0.1, 0.15) is 46.9 Å². The van der Waals surface area contributed by atoms with E-state index in [4.69, 9.17) is 5.11 Å². The van der Waals surface area contributed by atoms with Gasteiger partial charge in [0, 0.05) is 6.04 Å². The Hall–Kier alpha value is -1.98. The molecule has 1 aliphatic carbocycles. The third-order valence-electron chi connectivity index (χ3n) is 3.43. The fraction of sp³-hybridized carbons (Fsp3) is 0.429. The average molecular weight is 283 g/mol. The number of hydrogen-bond donors (Lipinski definition) is 2. The molecule has 1 aromatic rings. The fourth-order valence-electron chi connectivity index (χ4n) is 2.27. The van der Waals surface area contributed by atoms with Gasteiger partial charge in [0.15, 0.2) is 11.6 Å². The Kier molecular flexibility index (Phi) is 4.01. The molecule has 2 unspecified atom stereocenters. The molecule has 1 amide bonds. The van der Waals surface area contributed by atoms with E-state index in [1.807, 2.05) is 6.92 Å². The van der Waals surface area contributed by atoms with Crippen LogP contribution in [0.4, 0.5) is 8.78 Å². The van der Waals surface area contributed by atoms with Crippen molar-refractivity contribution in [3.63, 3.8) is 0 Å². The zero-order valence-corrected chi connectivity index (χ0v) is 11.0. The van der Waals surface area contributed by atoms with Gasteiger partial charge in [0.25, 0.3) is 5.91 Å². The molecule has 4 nitrogen and oxygen atoms in total. The summed E-state index contributed by atoms with van der Waals surface area (Å²) in [4.78, 5) is 23.0. The second kappa shape index (κ2) is 5.56. The normalized spacial score (nSPS) is 20.6. The van der Waals surface area contributed by atoms with Crippen LogP contribution < -0.4 is 5.32 Å². The number of carboxylic acids is 1. The van der Waals surface area contributed by atoms with Gasteiger partial charge in [-0.05, 0) is 30.9 Å². The molecule has 2 N–H and O–H groups in total. The summed E-state index contributed by atoms with van der Waals surface area (Å²) in [5.74, 6) is -4.27. The average Bonchev–Trinajstić information content (AvgIpc) is 3.10. The van der Waals surface area contributed by atoms with Crippen molar-refractivity contribution in [1.29, 1.82) is 0 Å². The van der Waals surface area contributed by atoms with Crippen LogP contribution in [0.25, 0.3) is 0 Å². The Labute approximate surface area is 114 Å². The highest BCUT2D eigenvalue weighted by Crippen LogP contribution is 2.34. The second-order valence-electron chi connectivity index (χ2n) is 4.98. The summed E-state index contributed by atoms with van der Waals surface area (Å²) >= 11 is 0. The number of carbonyl (C=O) groups is 2. The van der Waals surface area contributed by atoms with Crippen molar-refractivity contribution >= 4 is 11.9 Å². The lowest BCUT2D eigenvalue weighted by molar-refractivity contribution is 0.0690. The van der Waals surface area contributed by atoms with E-state index in [2.05, 4.69) is 5.32 Å². The number of carboxylic acid groups (broad SMARTS) is 1. The number of hydrogen-bond acceptors (Lipinski definition) is 2. The Morgan fingerprint density at radius 3 is 2.45 bits per heavy atom. The van der Waals surface area contributed by atoms with Gasteiger partial charge in [0.2, 0.25) is 0 Å². The first-order valence-corrected chi connectivity index (χ1v) is 6.47. The molecule has 2 rings (SSSR count). The van der Waals surface area contributed by atoms with E-state index < -0.39 is 29.1 Å². The third-order valence-corrected chi connectivity index (χ3v) is 3.43. The van der Waals surface area contributed by atoms with E-state index in [0.717, 1.165) is 19.3 Å². The minimum Gasteiger partial charge on any atom is -0.478 e. The molecule has 0 aliphatic heterocycles. The highest BCUT2D eigenvalue weighted by Gasteiger charge is 2.37. The molecule has 1 aliphatic rings. The Balaban J connectivity index is 2.17. The lowest BCUT2D eigenvalue weighted by Crippen LogP contribution is -2.28. The molecule has 108 valence electrons. The van der Waals surface area contributed by atoms with Crippen molar-refractivity contribution in [3.05, 3.63) is 34.9 Å². The monoisotopic (exact) mass is 283 g/mol. The van der Waals surface area contributed by atoms with Gasteiger partial charge < -0.3 is 10.4 Å². The standard InChI is InChI=1S/C14H15F2NO3/c1-2-3-7-4-12(7)17-13(18)8-5-10(15)11(16)6-9(8)14(19)20/h5-7,12H,2-4H2,1H3,(H,17,18)(H,19,20). The summed E-state index contributed by atoms with van der Waals surface area (Å²) in [6, 6.07) is 1.16. The molecule has 1 saturated carbocycles. The van der Waals surface area contributed by atoms with Crippen LogP contribution in [0.3, 0.4) is 0 Å². The predicted octanol–water partition coefficient (Wildman–Crippen LogP) is 2.58. The zero-order valence-electron chi connectivity index (χ0n) is 11.0. The van der Waals surface area contributed by atoms with E-state index in [-0.39, 0.29) is 11.6 Å². The largest absolute Gasteiger partial charge is 0.478 e. The molecule has 20 heavy (non-hydrogen) atoms. The summed E-state index contributed by atoms with van der Waals surface area (Å²) in [5, 5.41) is 11.6. The molecule has 1 fully saturated rings. The Morgan fingerprint density at radius 1 is 1.30 bits per heavy atom. The van der Waals surface area contributed by atoms with Crippen molar-refractivity contribution < 1.29 is 23.5 Å². The smallest absolute Gasteiger partial charge is 0.336 e. The first-order valence-electron chi connectivity index (χ1n) is 6.47. The van der Waals surface area contributed by atoms with Crippen molar-refractivity contribution in [3.8, 4) is 0 Å². The summed E-state index contributed by atoms with van der Waals surface area (Å²) in [6.07, 6.45) is 2.82. The van der Waals surface area contributed by atoms with Gasteiger partial charge in [0.05, 0.1) is 11.1 Å². The van der Waals surface area contributed by atoms with Crippen LogP contribution in [0, 0.1) is 17.6 Å². The topological polar surface area (TPSA) is 66.4 Å². The molecule has 0 saturated heterocycles. The maximum atomic E-state index is 13.2. The summed E-state index contributed by atoms with van der Waals surface area (Å²) in [6.45, 7) is 2.04. The van der Waals surface area contributed by atoms with Crippen LogP contribution in [-0.4, -0.2) is 23.0 Å². The van der Waals surface area contributed by atoms with Crippen LogP contribution in [0.2, 0.25) is 0 Å². The second-order valence-corrected chi connectivity index (χ2v) is 4.98. The highest BCUT2D eigenvalue weighted by molar-refractivity contribution is 6.05. The number of aromatic carboxylic acids is 1. The summed E-state index contributed by atoms with van der Waals surface area (Å²) < 4.78 is 26.2. The molecule has 1 aromatic carbocycles. The fourth-order valence-corrected chi connectivity index (χ4v) is 2.27. The molecule has 2 atom stereocenters. The number of halogens is 2. The lowest BCUT2D eigenvalue weighted by Gasteiger charge is -2.08. The molecule has 0 heterocycles. The number of benzene rings is 1. The number of nitrogens with one attached hydrogen (secondary N) is 1. The molecule has 0 radical (unpaired) electrons. The van der Waals surface area contributed by atoms with Crippen molar-refractivity contribution in [2.45, 2.75) is 32.2 Å². The van der Waals surface area contributed by atoms with E-state index >= 15 is 0 Å². The van der Waals surface area contributed by atoms with Gasteiger partial charge in [0.1, 0.15) is 0 Å². The van der Waals surface area contributed by atoms with Crippen molar-refractivity contribution in [2.75, 3.05) is 0 Å². The summed E-state index contributed by atoms with van der Waals surface area (Å²) in [5.41, 5.74) is -0.882. The van der Waals surface area contributed by atoms with Gasteiger partial charge in [-0.2, -0.15) is 0 Å². The van der Waals surface area contributed by atoms with Gasteiger partial charge in [-0.1, -0.05) is 13.3 Å². The lowest BCUT2D eigenvalue weighted by atomic mass is 10.1. The minimum absolute atomic E-state index is 0.00258. The van der Waals surface area contributed by atoms with Gasteiger partial charge >= 0.3 is 5.97 Å². The SMILES string of the molecule is CCCC1CC1NC(=O)c1cc(F)c(F)cc1C(=O)O. The van der Waals surface area contributed by atoms with E-state index in [9.17, 15) is 18.4 Å². The summed E-state index contributed by atoms with van der Waals surface area (Å²) in [7, 11) is 0. The first-order chi connectivity index (χ1) is 9.43. The first kappa shape index (κ1) is 14.4. The van der Waals surface area contributed by atoms with Crippen LogP contribution in [0.15, 0.2) is 12.1 Å². The van der Waals surface area contributed by atoms with Crippen LogP contribution in [-0.2, 0) is 0 Å². The molecular weight excluding hydrogens is 268 g/mol. The van der Waals surface area contributed by atoms with Crippen LogP contribution in [0.5, 0.6) is 0 Å². The number of carbonyl (C=O) groups excluding carboxylic acids is 1. The van der Waals surface area contributed by atoms with Gasteiger partial charge in [-0.3, -0.25) is 4.79 Å². The van der Waals surface area contributed by atoms with Gasteiger partial charge in [-0.25, -0.2) is 13.6 Å². The maximum absolute atomic E-state index is 13.2. The Bertz CT molecular complexity index is 560. The molecule has 0 spiro atoms.